The molecule has 3 rings (SSSR count). The fourth-order valence-electron chi connectivity index (χ4n) is 3.41. The molecule has 35 heavy (non-hydrogen) atoms. The molecule has 0 saturated heterocycles. The summed E-state index contributed by atoms with van der Waals surface area (Å²) < 4.78 is 43.9. The molecule has 0 aromatic heterocycles. The van der Waals surface area contributed by atoms with Crippen LogP contribution in [0.1, 0.15) is 51.4 Å². The van der Waals surface area contributed by atoms with Gasteiger partial charge >= 0.3 is 13.2 Å². The second-order valence-electron chi connectivity index (χ2n) is 7.72. The summed E-state index contributed by atoms with van der Waals surface area (Å²) in [6.45, 7) is 0.0871. The SMILES string of the molecule is C#CCOC(=O)CCCCCCCCC=C[S+]1c2ccccc2Sc2ccccc21.F[B-](F)(F)F. The molecule has 0 amide bonds. The van der Waals surface area contributed by atoms with Crippen molar-refractivity contribution in [3.8, 4) is 12.3 Å². The largest absolute Gasteiger partial charge is 0.673 e. The van der Waals surface area contributed by atoms with Gasteiger partial charge in [-0.25, -0.2) is 0 Å². The van der Waals surface area contributed by atoms with Crippen molar-refractivity contribution in [1.29, 1.82) is 0 Å². The van der Waals surface area contributed by atoms with Crippen molar-refractivity contribution in [1.82, 2.24) is 0 Å². The van der Waals surface area contributed by atoms with Crippen LogP contribution in [0.15, 0.2) is 79.6 Å². The minimum atomic E-state index is -6.00. The van der Waals surface area contributed by atoms with Crippen LogP contribution in [-0.4, -0.2) is 19.8 Å². The lowest BCUT2D eigenvalue weighted by Crippen LogP contribution is -2.07. The van der Waals surface area contributed by atoms with Gasteiger partial charge in [-0.3, -0.25) is 4.79 Å². The number of carbonyl (C=O) groups excluding carboxylic acids is 1. The number of halogens is 4. The Morgan fingerprint density at radius 3 is 2.00 bits per heavy atom. The highest BCUT2D eigenvalue weighted by atomic mass is 32.2. The van der Waals surface area contributed by atoms with Crippen LogP contribution >= 0.6 is 11.8 Å². The van der Waals surface area contributed by atoms with Crippen molar-refractivity contribution >= 4 is 35.9 Å². The summed E-state index contributed by atoms with van der Waals surface area (Å²) in [5.41, 5.74) is 0. The Bertz CT molecular complexity index is 954. The van der Waals surface area contributed by atoms with Crippen molar-refractivity contribution < 1.29 is 26.8 Å². The van der Waals surface area contributed by atoms with E-state index in [1.54, 1.807) is 0 Å². The van der Waals surface area contributed by atoms with Gasteiger partial charge in [0, 0.05) is 6.42 Å². The van der Waals surface area contributed by atoms with Gasteiger partial charge < -0.3 is 22.0 Å². The van der Waals surface area contributed by atoms with Crippen molar-refractivity contribution in [2.24, 2.45) is 0 Å². The van der Waals surface area contributed by atoms with Gasteiger partial charge in [0.25, 0.3) is 0 Å². The Kier molecular flexibility index (Phi) is 12.9. The van der Waals surface area contributed by atoms with Gasteiger partial charge in [0.1, 0.15) is 5.41 Å². The van der Waals surface area contributed by atoms with E-state index >= 15 is 0 Å². The third-order valence-electron chi connectivity index (χ3n) is 4.94. The minimum absolute atomic E-state index is 0.0293. The van der Waals surface area contributed by atoms with Crippen LogP contribution in [0.4, 0.5) is 17.3 Å². The summed E-state index contributed by atoms with van der Waals surface area (Å²) in [4.78, 5) is 17.0. The van der Waals surface area contributed by atoms with E-state index in [2.05, 4.69) is 65.9 Å². The van der Waals surface area contributed by atoms with Crippen molar-refractivity contribution in [2.75, 3.05) is 6.61 Å². The number of unbranched alkanes of at least 4 members (excludes halogenated alkanes) is 6. The molecular formula is C26H29BF4O2S2. The van der Waals surface area contributed by atoms with Crippen molar-refractivity contribution in [3.05, 3.63) is 60.0 Å². The Morgan fingerprint density at radius 1 is 0.914 bits per heavy atom. The first-order valence-electron chi connectivity index (χ1n) is 11.5. The quantitative estimate of drug-likeness (QED) is 0.0739. The normalized spacial score (nSPS) is 12.8. The number of terminal acetylenes is 1. The molecule has 0 atom stereocenters. The van der Waals surface area contributed by atoms with Crippen LogP contribution in [0.2, 0.25) is 0 Å². The van der Waals surface area contributed by atoms with Gasteiger partial charge in [-0.15, -0.1) is 6.42 Å². The number of esters is 1. The molecule has 0 unspecified atom stereocenters. The zero-order valence-corrected chi connectivity index (χ0v) is 21.1. The highest BCUT2D eigenvalue weighted by molar-refractivity contribution is 8.05. The van der Waals surface area contributed by atoms with Crippen LogP contribution in [0.3, 0.4) is 0 Å². The smallest absolute Gasteiger partial charge is 0.452 e. The molecular weight excluding hydrogens is 495 g/mol. The van der Waals surface area contributed by atoms with E-state index in [9.17, 15) is 22.1 Å². The molecule has 0 spiro atoms. The van der Waals surface area contributed by atoms with Gasteiger partial charge in [0.15, 0.2) is 16.4 Å². The Labute approximate surface area is 212 Å². The fourth-order valence-corrected chi connectivity index (χ4v) is 6.95. The van der Waals surface area contributed by atoms with Crippen LogP contribution in [0.5, 0.6) is 0 Å². The highest BCUT2D eigenvalue weighted by Crippen LogP contribution is 2.45. The summed E-state index contributed by atoms with van der Waals surface area (Å²) in [5, 5.41) is 2.42. The monoisotopic (exact) mass is 524 g/mol. The molecule has 2 aromatic carbocycles. The van der Waals surface area contributed by atoms with Crippen LogP contribution in [0.25, 0.3) is 0 Å². The molecule has 2 aromatic rings. The number of hydrogen-bond donors (Lipinski definition) is 0. The lowest BCUT2D eigenvalue weighted by molar-refractivity contribution is -0.142. The number of fused-ring (bicyclic) bond motifs is 2. The standard InChI is InChI=1S/C26H29O2S2.BF4/c1-2-20-28-26(27)19-9-7-5-3-4-6-8-14-21-30-24-17-12-10-15-22(24)29-23-16-11-13-18-25(23)30;2-1(3,4)5/h1,10-18,21H,3-9,19-20H2;/q+1;-1. The first-order chi connectivity index (χ1) is 16.8. The predicted octanol–water partition coefficient (Wildman–Crippen LogP) is 8.30. The molecule has 1 heterocycles. The molecule has 0 aliphatic carbocycles. The van der Waals surface area contributed by atoms with Crippen LogP contribution in [-0.2, 0) is 20.4 Å². The number of ether oxygens (including phenoxy) is 1. The maximum absolute atomic E-state index is 11.4. The minimum Gasteiger partial charge on any atom is -0.452 e. The average Bonchev–Trinajstić information content (AvgIpc) is 2.82. The maximum Gasteiger partial charge on any atom is 0.673 e. The van der Waals surface area contributed by atoms with E-state index in [0.29, 0.717) is 6.42 Å². The van der Waals surface area contributed by atoms with E-state index in [4.69, 9.17) is 11.2 Å². The summed E-state index contributed by atoms with van der Waals surface area (Å²) in [5.74, 6) is 2.14. The number of benzene rings is 2. The third kappa shape index (κ3) is 11.8. The summed E-state index contributed by atoms with van der Waals surface area (Å²) >= 11 is 1.88. The zero-order valence-electron chi connectivity index (χ0n) is 19.4. The third-order valence-corrected chi connectivity index (χ3v) is 8.48. The van der Waals surface area contributed by atoms with Crippen LogP contribution in [0, 0.1) is 12.3 Å². The molecule has 0 radical (unpaired) electrons. The van der Waals surface area contributed by atoms with Gasteiger partial charge in [-0.05, 0) is 49.6 Å². The molecule has 188 valence electrons. The zero-order chi connectivity index (χ0) is 25.5. The van der Waals surface area contributed by atoms with Crippen molar-refractivity contribution in [3.63, 3.8) is 0 Å². The van der Waals surface area contributed by atoms with Gasteiger partial charge in [0.05, 0.1) is 20.7 Å². The molecule has 1 aliphatic rings. The van der Waals surface area contributed by atoms with Gasteiger partial charge in [-0.1, -0.05) is 67.6 Å². The molecule has 9 heteroatoms. The van der Waals surface area contributed by atoms with E-state index in [1.807, 2.05) is 11.8 Å². The molecule has 0 fully saturated rings. The Morgan fingerprint density at radius 2 is 1.43 bits per heavy atom. The topological polar surface area (TPSA) is 26.3 Å². The molecule has 2 nitrogen and oxygen atoms in total. The average molecular weight is 524 g/mol. The fraction of sp³-hybridized carbons (Fsp3) is 0.346. The highest BCUT2D eigenvalue weighted by Gasteiger charge is 2.33. The number of carbonyl (C=O) groups is 1. The lowest BCUT2D eigenvalue weighted by Gasteiger charge is -2.16. The number of hydrogen-bond acceptors (Lipinski definition) is 3. The molecule has 0 N–H and O–H groups in total. The maximum atomic E-state index is 11.4. The first kappa shape index (κ1) is 28.9. The molecule has 0 bridgehead atoms. The first-order valence-corrected chi connectivity index (χ1v) is 13.6. The number of rotatable bonds is 11. The van der Waals surface area contributed by atoms with E-state index in [1.165, 1.54) is 45.3 Å². The van der Waals surface area contributed by atoms with Gasteiger partial charge in [-0.2, -0.15) is 0 Å². The summed E-state index contributed by atoms with van der Waals surface area (Å²) in [6.07, 6.45) is 15.9. The molecule has 1 aliphatic heterocycles. The van der Waals surface area contributed by atoms with E-state index < -0.39 is 7.25 Å². The van der Waals surface area contributed by atoms with Gasteiger partial charge in [0.2, 0.25) is 0 Å². The Hall–Kier alpha value is -2.31. The second-order valence-corrected chi connectivity index (χ2v) is 10.6. The predicted molar refractivity (Wildman–Crippen MR) is 137 cm³/mol. The summed E-state index contributed by atoms with van der Waals surface area (Å²) in [6, 6.07) is 17.6. The molecule has 0 saturated carbocycles. The van der Waals surface area contributed by atoms with Crippen molar-refractivity contribution in [2.45, 2.75) is 70.9 Å². The van der Waals surface area contributed by atoms with E-state index in [0.717, 1.165) is 19.3 Å². The Balaban J connectivity index is 0.000000784. The van der Waals surface area contributed by atoms with E-state index in [-0.39, 0.29) is 23.5 Å². The van der Waals surface area contributed by atoms with Crippen LogP contribution < -0.4 is 0 Å². The summed E-state index contributed by atoms with van der Waals surface area (Å²) in [7, 11) is -5.97. The second kappa shape index (κ2) is 15.6. The lowest BCUT2D eigenvalue weighted by atomic mass is 10.1. The number of allylic oxidation sites excluding steroid dienone is 1.